The van der Waals surface area contributed by atoms with E-state index in [0.717, 1.165) is 12.1 Å². The number of carbonyl (C=O) groups is 1. The summed E-state index contributed by atoms with van der Waals surface area (Å²) in [4.78, 5) is 11.9. The fourth-order valence-corrected chi connectivity index (χ4v) is 2.49. The normalized spacial score (nSPS) is 14.7. The molecular weight excluding hydrogens is 293 g/mol. The minimum absolute atomic E-state index is 0.213. The monoisotopic (exact) mass is 308 g/mol. The number of amides is 1. The lowest BCUT2D eigenvalue weighted by Gasteiger charge is -2.16. The molecule has 1 amide bonds. The number of benzene rings is 1. The molecule has 0 fully saturated rings. The molecule has 20 heavy (non-hydrogen) atoms. The van der Waals surface area contributed by atoms with E-state index < -0.39 is 40.2 Å². The molecule has 0 spiro atoms. The Morgan fingerprint density at radius 3 is 2.55 bits per heavy atom. The van der Waals surface area contributed by atoms with Crippen molar-refractivity contribution < 1.29 is 22.2 Å². The molecule has 0 radical (unpaired) electrons. The van der Waals surface area contributed by atoms with Gasteiger partial charge in [-0.25, -0.2) is 0 Å². The predicted octanol–water partition coefficient (Wildman–Crippen LogP) is 1.78. The maximum absolute atomic E-state index is 12.7. The summed E-state index contributed by atoms with van der Waals surface area (Å²) >= 11 is 0. The van der Waals surface area contributed by atoms with E-state index in [1.807, 2.05) is 0 Å². The van der Waals surface area contributed by atoms with E-state index in [2.05, 4.69) is 5.32 Å². The van der Waals surface area contributed by atoms with Crippen LogP contribution in [-0.4, -0.2) is 28.2 Å². The first-order chi connectivity index (χ1) is 9.12. The topological polar surface area (TPSA) is 72.2 Å². The lowest BCUT2D eigenvalue weighted by atomic mass is 10.1. The van der Waals surface area contributed by atoms with Crippen LogP contribution < -0.4 is 11.1 Å². The van der Waals surface area contributed by atoms with Crippen LogP contribution in [0.15, 0.2) is 18.2 Å². The van der Waals surface area contributed by atoms with Crippen LogP contribution in [0, 0.1) is 0 Å². The molecule has 0 heterocycles. The molecule has 1 aromatic carbocycles. The fourth-order valence-electron chi connectivity index (χ4n) is 1.71. The SMILES string of the molecule is CC(CS(C)=O)NC(=O)c1cccc(C(F)(F)F)c1N. The van der Waals surface area contributed by atoms with Crippen LogP contribution in [0.1, 0.15) is 22.8 Å². The first-order valence-electron chi connectivity index (χ1n) is 5.69. The van der Waals surface area contributed by atoms with Crippen molar-refractivity contribution in [2.24, 2.45) is 0 Å². The zero-order valence-corrected chi connectivity index (χ0v) is 11.8. The molecule has 0 aliphatic carbocycles. The number of nitrogens with one attached hydrogen (secondary N) is 1. The van der Waals surface area contributed by atoms with E-state index in [9.17, 15) is 22.2 Å². The Labute approximate surface area is 117 Å². The summed E-state index contributed by atoms with van der Waals surface area (Å²) < 4.78 is 49.0. The quantitative estimate of drug-likeness (QED) is 0.833. The second-order valence-electron chi connectivity index (χ2n) is 4.38. The lowest BCUT2D eigenvalue weighted by molar-refractivity contribution is -0.136. The van der Waals surface area contributed by atoms with E-state index in [1.54, 1.807) is 6.92 Å². The summed E-state index contributed by atoms with van der Waals surface area (Å²) in [5, 5.41) is 2.47. The Morgan fingerprint density at radius 1 is 1.45 bits per heavy atom. The zero-order valence-electron chi connectivity index (χ0n) is 11.0. The molecule has 4 nitrogen and oxygen atoms in total. The number of hydrogen-bond donors (Lipinski definition) is 2. The second-order valence-corrected chi connectivity index (χ2v) is 5.86. The summed E-state index contributed by atoms with van der Waals surface area (Å²) in [5.74, 6) is -0.503. The summed E-state index contributed by atoms with van der Waals surface area (Å²) in [6.45, 7) is 1.61. The van der Waals surface area contributed by atoms with E-state index in [0.29, 0.717) is 0 Å². The molecule has 2 unspecified atom stereocenters. The molecule has 0 saturated carbocycles. The number of nitrogens with two attached hydrogens (primary N) is 1. The second kappa shape index (κ2) is 6.25. The number of hydrogen-bond acceptors (Lipinski definition) is 3. The number of anilines is 1. The molecule has 0 bridgehead atoms. The van der Waals surface area contributed by atoms with Gasteiger partial charge in [0.05, 0.1) is 16.8 Å². The van der Waals surface area contributed by atoms with E-state index >= 15 is 0 Å². The van der Waals surface area contributed by atoms with Crippen molar-refractivity contribution in [3.05, 3.63) is 29.3 Å². The van der Waals surface area contributed by atoms with Crippen LogP contribution >= 0.6 is 0 Å². The molecule has 0 saturated heterocycles. The van der Waals surface area contributed by atoms with E-state index in [4.69, 9.17) is 5.73 Å². The lowest BCUT2D eigenvalue weighted by Crippen LogP contribution is -2.36. The van der Waals surface area contributed by atoms with Crippen LogP contribution in [-0.2, 0) is 17.0 Å². The van der Waals surface area contributed by atoms with Crippen molar-refractivity contribution in [2.75, 3.05) is 17.7 Å². The van der Waals surface area contributed by atoms with Crippen molar-refractivity contribution in [1.29, 1.82) is 0 Å². The highest BCUT2D eigenvalue weighted by atomic mass is 32.2. The fraction of sp³-hybridized carbons (Fsp3) is 0.417. The number of rotatable bonds is 4. The zero-order chi connectivity index (χ0) is 15.5. The van der Waals surface area contributed by atoms with Gasteiger partial charge in [-0.2, -0.15) is 13.2 Å². The van der Waals surface area contributed by atoms with Crippen molar-refractivity contribution in [3.8, 4) is 0 Å². The van der Waals surface area contributed by atoms with Gasteiger partial charge < -0.3 is 11.1 Å². The summed E-state index contributed by atoms with van der Waals surface area (Å²) in [6.07, 6.45) is -3.14. The smallest absolute Gasteiger partial charge is 0.398 e. The van der Waals surface area contributed by atoms with Gasteiger partial charge in [0.2, 0.25) is 0 Å². The van der Waals surface area contributed by atoms with Gasteiger partial charge >= 0.3 is 6.18 Å². The highest BCUT2D eigenvalue weighted by Gasteiger charge is 2.34. The van der Waals surface area contributed by atoms with Crippen molar-refractivity contribution in [2.45, 2.75) is 19.1 Å². The van der Waals surface area contributed by atoms with Crippen LogP contribution in [0.3, 0.4) is 0 Å². The van der Waals surface area contributed by atoms with Gasteiger partial charge in [0.25, 0.3) is 5.91 Å². The number of nitrogen functional groups attached to an aromatic ring is 1. The molecule has 0 aliphatic rings. The summed E-state index contributed by atoms with van der Waals surface area (Å²) in [6, 6.07) is 2.73. The molecule has 1 aromatic rings. The Hall–Kier alpha value is -1.57. The number of halogens is 3. The van der Waals surface area contributed by atoms with Crippen molar-refractivity contribution in [1.82, 2.24) is 5.32 Å². The Morgan fingerprint density at radius 2 is 2.05 bits per heavy atom. The highest BCUT2D eigenvalue weighted by molar-refractivity contribution is 7.84. The third-order valence-corrected chi connectivity index (χ3v) is 3.49. The average Bonchev–Trinajstić information content (AvgIpc) is 2.25. The van der Waals surface area contributed by atoms with Gasteiger partial charge in [-0.3, -0.25) is 9.00 Å². The maximum Gasteiger partial charge on any atom is 0.418 e. The standard InChI is InChI=1S/C12H15F3N2O2S/c1-7(6-20(2)19)17-11(18)8-4-3-5-9(10(8)16)12(13,14)15/h3-5,7H,6,16H2,1-2H3,(H,17,18). The molecule has 0 aliphatic heterocycles. The van der Waals surface area contributed by atoms with E-state index in [1.165, 1.54) is 12.3 Å². The maximum atomic E-state index is 12.7. The Bertz CT molecular complexity index is 532. The molecule has 0 aromatic heterocycles. The first-order valence-corrected chi connectivity index (χ1v) is 7.42. The first kappa shape index (κ1) is 16.5. The molecular formula is C12H15F3N2O2S. The number of carbonyl (C=O) groups excluding carboxylic acids is 1. The van der Waals surface area contributed by atoms with Crippen LogP contribution in [0.5, 0.6) is 0 Å². The highest BCUT2D eigenvalue weighted by Crippen LogP contribution is 2.34. The molecule has 112 valence electrons. The number of para-hydroxylation sites is 1. The van der Waals surface area contributed by atoms with Crippen molar-refractivity contribution >= 4 is 22.4 Å². The van der Waals surface area contributed by atoms with Crippen LogP contribution in [0.25, 0.3) is 0 Å². The third-order valence-electron chi connectivity index (χ3n) is 2.52. The Kier molecular flexibility index (Phi) is 5.15. The average molecular weight is 308 g/mol. The predicted molar refractivity (Wildman–Crippen MR) is 71.7 cm³/mol. The summed E-state index contributed by atoms with van der Waals surface area (Å²) in [5.41, 5.74) is 3.51. The van der Waals surface area contributed by atoms with Gasteiger partial charge in [-0.15, -0.1) is 0 Å². The van der Waals surface area contributed by atoms with E-state index in [-0.39, 0.29) is 11.3 Å². The molecule has 1 rings (SSSR count). The van der Waals surface area contributed by atoms with Crippen LogP contribution in [0.2, 0.25) is 0 Å². The van der Waals surface area contributed by atoms with Gasteiger partial charge in [-0.05, 0) is 19.1 Å². The number of alkyl halides is 3. The molecule has 3 N–H and O–H groups in total. The Balaban J connectivity index is 2.97. The largest absolute Gasteiger partial charge is 0.418 e. The van der Waals surface area contributed by atoms with Crippen molar-refractivity contribution in [3.63, 3.8) is 0 Å². The van der Waals surface area contributed by atoms with Gasteiger partial charge in [0.1, 0.15) is 0 Å². The molecule has 2 atom stereocenters. The molecule has 8 heteroatoms. The van der Waals surface area contributed by atoms with Crippen LogP contribution in [0.4, 0.5) is 18.9 Å². The van der Waals surface area contributed by atoms with Gasteiger partial charge in [-0.1, -0.05) is 6.07 Å². The van der Waals surface area contributed by atoms with Gasteiger partial charge in [0, 0.05) is 28.9 Å². The minimum Gasteiger partial charge on any atom is -0.398 e. The third kappa shape index (κ3) is 4.22. The van der Waals surface area contributed by atoms with Gasteiger partial charge in [0.15, 0.2) is 0 Å². The minimum atomic E-state index is -4.61. The summed E-state index contributed by atoms with van der Waals surface area (Å²) in [7, 11) is -1.12.